The zero-order valence-electron chi connectivity index (χ0n) is 19.7. The number of methoxy groups -OCH3 is 1. The maximum atomic E-state index is 14.0. The molecular formula is C28H32N2O3. The van der Waals surface area contributed by atoms with Gasteiger partial charge in [0.05, 0.1) is 18.7 Å². The van der Waals surface area contributed by atoms with Gasteiger partial charge >= 0.3 is 5.97 Å². The summed E-state index contributed by atoms with van der Waals surface area (Å²) in [5.74, 6) is -0.0101. The van der Waals surface area contributed by atoms with Crippen molar-refractivity contribution in [3.05, 3.63) is 71.4 Å². The molecular weight excluding hydrogens is 412 g/mol. The fourth-order valence-electron chi connectivity index (χ4n) is 6.32. The summed E-state index contributed by atoms with van der Waals surface area (Å²) in [6.45, 7) is 3.73. The number of likely N-dealkylation sites (N-methyl/N-ethyl adjacent to an activating group) is 1. The van der Waals surface area contributed by atoms with Gasteiger partial charge in [0.2, 0.25) is 0 Å². The molecule has 1 aliphatic carbocycles. The number of esters is 1. The van der Waals surface area contributed by atoms with Crippen LogP contribution < -0.4 is 0 Å². The van der Waals surface area contributed by atoms with E-state index in [1.807, 2.05) is 30.3 Å². The molecule has 2 heterocycles. The van der Waals surface area contributed by atoms with Crippen LogP contribution in [0.4, 0.5) is 0 Å². The van der Waals surface area contributed by atoms with Gasteiger partial charge in [0, 0.05) is 36.5 Å². The summed E-state index contributed by atoms with van der Waals surface area (Å²) in [4.78, 5) is 29.3. The van der Waals surface area contributed by atoms with Gasteiger partial charge in [0.1, 0.15) is 0 Å². The van der Waals surface area contributed by atoms with Gasteiger partial charge in [-0.15, -0.1) is 0 Å². The molecule has 1 aromatic heterocycles. The number of aromatic nitrogens is 1. The van der Waals surface area contributed by atoms with Crippen LogP contribution in [0, 0.1) is 17.8 Å². The number of para-hydroxylation sites is 1. The number of fused-ring (bicyclic) bond motifs is 5. The van der Waals surface area contributed by atoms with Gasteiger partial charge in [-0.2, -0.15) is 0 Å². The zero-order valence-corrected chi connectivity index (χ0v) is 19.7. The normalized spacial score (nSPS) is 25.4. The molecule has 5 rings (SSSR count). The van der Waals surface area contributed by atoms with E-state index in [9.17, 15) is 9.59 Å². The molecule has 0 amide bonds. The Labute approximate surface area is 195 Å². The number of carbonyl (C=O) groups is 2. The van der Waals surface area contributed by atoms with E-state index in [-0.39, 0.29) is 29.6 Å². The number of nitrogens with zero attached hydrogens (tertiary/aromatic N) is 2. The van der Waals surface area contributed by atoms with Crippen LogP contribution in [0.15, 0.2) is 54.6 Å². The van der Waals surface area contributed by atoms with E-state index in [0.717, 1.165) is 35.1 Å². The topological polar surface area (TPSA) is 51.5 Å². The van der Waals surface area contributed by atoms with Crippen LogP contribution >= 0.6 is 0 Å². The highest BCUT2D eigenvalue weighted by Gasteiger charge is 2.49. The first-order chi connectivity index (χ1) is 16.0. The summed E-state index contributed by atoms with van der Waals surface area (Å²) in [6, 6.07) is 18.6. The number of hydrogen-bond donors (Lipinski definition) is 0. The van der Waals surface area contributed by atoms with Crippen LogP contribution in [0.5, 0.6) is 0 Å². The molecule has 5 heteroatoms. The molecule has 2 aromatic carbocycles. The molecule has 0 saturated carbocycles. The number of hydrogen-bond acceptors (Lipinski definition) is 4. The van der Waals surface area contributed by atoms with Crippen molar-refractivity contribution in [3.8, 4) is 0 Å². The van der Waals surface area contributed by atoms with Crippen molar-refractivity contribution in [3.63, 3.8) is 0 Å². The Hall–Kier alpha value is -2.92. The number of ketones is 1. The van der Waals surface area contributed by atoms with E-state index in [1.165, 1.54) is 12.7 Å². The van der Waals surface area contributed by atoms with Crippen LogP contribution in [-0.2, 0) is 22.5 Å². The van der Waals surface area contributed by atoms with Crippen molar-refractivity contribution >= 4 is 22.7 Å². The molecule has 2 aliphatic rings. The molecule has 0 radical (unpaired) electrons. The highest BCUT2D eigenvalue weighted by molar-refractivity contribution is 6.03. The minimum atomic E-state index is -0.285. The lowest BCUT2D eigenvalue weighted by molar-refractivity contribution is -0.154. The van der Waals surface area contributed by atoms with Crippen LogP contribution in [0.1, 0.15) is 41.4 Å². The summed E-state index contributed by atoms with van der Waals surface area (Å²) in [5.41, 5.74) is 4.15. The number of likely N-dealkylation sites (tertiary alicyclic amines) is 1. The van der Waals surface area contributed by atoms with Gasteiger partial charge in [-0.3, -0.25) is 9.59 Å². The number of ether oxygens (including phenoxy) is 1. The summed E-state index contributed by atoms with van der Waals surface area (Å²) in [5, 5.41) is 1.12. The number of rotatable bonds is 4. The molecule has 0 unspecified atom stereocenters. The van der Waals surface area contributed by atoms with Gasteiger partial charge in [0.25, 0.3) is 0 Å². The Balaban J connectivity index is 1.70. The van der Waals surface area contributed by atoms with E-state index in [1.54, 1.807) is 0 Å². The fourth-order valence-corrected chi connectivity index (χ4v) is 6.32. The minimum absolute atomic E-state index is 0.00693. The van der Waals surface area contributed by atoms with Crippen LogP contribution in [0.2, 0.25) is 0 Å². The first-order valence-electron chi connectivity index (χ1n) is 12.0. The Morgan fingerprint density at radius 1 is 1.06 bits per heavy atom. The molecule has 1 aliphatic heterocycles. The predicted octanol–water partition coefficient (Wildman–Crippen LogP) is 4.56. The monoisotopic (exact) mass is 444 g/mol. The maximum Gasteiger partial charge on any atom is 0.310 e. The molecule has 1 saturated heterocycles. The Bertz CT molecular complexity index is 1180. The molecule has 5 nitrogen and oxygen atoms in total. The van der Waals surface area contributed by atoms with Gasteiger partial charge in [-0.25, -0.2) is 0 Å². The average molecular weight is 445 g/mol. The first kappa shape index (κ1) is 21.9. The number of Topliss-reactive ketones (excluding diaryl/α,β-unsaturated/α-hetero) is 1. The number of carbonyl (C=O) groups excluding carboxylic acids is 2. The molecule has 3 aromatic rings. The first-order valence-corrected chi connectivity index (χ1v) is 12.0. The predicted molar refractivity (Wildman–Crippen MR) is 129 cm³/mol. The Morgan fingerprint density at radius 2 is 1.79 bits per heavy atom. The molecule has 0 N–H and O–H groups in total. The second-order valence-corrected chi connectivity index (χ2v) is 9.64. The smallest absolute Gasteiger partial charge is 0.310 e. The van der Waals surface area contributed by atoms with Gasteiger partial charge in [-0.1, -0.05) is 61.9 Å². The van der Waals surface area contributed by atoms with E-state index in [0.29, 0.717) is 25.3 Å². The second kappa shape index (κ2) is 8.79. The fraction of sp³-hybridized carbons (Fsp3) is 0.429. The van der Waals surface area contributed by atoms with E-state index >= 15 is 0 Å². The maximum absolute atomic E-state index is 14.0. The highest BCUT2D eigenvalue weighted by atomic mass is 16.5. The van der Waals surface area contributed by atoms with Crippen molar-refractivity contribution < 1.29 is 14.3 Å². The molecule has 33 heavy (non-hydrogen) atoms. The molecule has 2 bridgehead atoms. The Kier molecular flexibility index (Phi) is 5.83. The van der Waals surface area contributed by atoms with Crippen molar-refractivity contribution in [2.75, 3.05) is 20.7 Å². The highest BCUT2D eigenvalue weighted by Crippen LogP contribution is 2.43. The number of benzene rings is 2. The Morgan fingerprint density at radius 3 is 2.52 bits per heavy atom. The third kappa shape index (κ3) is 3.68. The van der Waals surface area contributed by atoms with Crippen molar-refractivity contribution in [2.45, 2.75) is 38.8 Å². The van der Waals surface area contributed by atoms with Crippen molar-refractivity contribution in [2.24, 2.45) is 17.8 Å². The van der Waals surface area contributed by atoms with Crippen molar-refractivity contribution in [1.82, 2.24) is 9.47 Å². The van der Waals surface area contributed by atoms with Crippen LogP contribution in [-0.4, -0.2) is 48.0 Å². The standard InChI is InChI=1S/C28H32N2O3/c1-4-19-17-29(2)24-14-22-20-12-8-9-13-23(20)30(16-18-10-6-5-7-11-18)27(22)25(31)15-21(19)26(24)28(32)33-3/h5-13,19,21,24,26H,4,14-17H2,1-3H3/t19-,21+,24-,26-/m0/s1. The number of piperidine rings is 1. The minimum Gasteiger partial charge on any atom is -0.469 e. The molecule has 1 fully saturated rings. The second-order valence-electron chi connectivity index (χ2n) is 9.64. The SMILES string of the molecule is CC[C@H]1CN(C)[C@H]2Cc3c(n(Cc4ccccc4)c4ccccc34)C(=O)C[C@H]1[C@@H]2C(=O)OC. The van der Waals surface area contributed by atoms with Gasteiger partial charge in [-0.05, 0) is 42.5 Å². The van der Waals surface area contributed by atoms with Gasteiger partial charge in [0.15, 0.2) is 5.78 Å². The lowest BCUT2D eigenvalue weighted by atomic mass is 9.67. The summed E-state index contributed by atoms with van der Waals surface area (Å²) in [6.07, 6.45) is 2.01. The molecule has 0 spiro atoms. The van der Waals surface area contributed by atoms with Crippen LogP contribution in [0.3, 0.4) is 0 Å². The summed E-state index contributed by atoms with van der Waals surface area (Å²) < 4.78 is 7.48. The van der Waals surface area contributed by atoms with Crippen LogP contribution in [0.25, 0.3) is 10.9 Å². The molecule has 172 valence electrons. The van der Waals surface area contributed by atoms with E-state index < -0.39 is 0 Å². The third-order valence-corrected chi connectivity index (χ3v) is 7.93. The van der Waals surface area contributed by atoms with Crippen molar-refractivity contribution in [1.29, 1.82) is 0 Å². The van der Waals surface area contributed by atoms with Gasteiger partial charge < -0.3 is 14.2 Å². The summed E-state index contributed by atoms with van der Waals surface area (Å²) >= 11 is 0. The van der Waals surface area contributed by atoms with E-state index in [4.69, 9.17) is 4.74 Å². The summed E-state index contributed by atoms with van der Waals surface area (Å²) in [7, 11) is 3.59. The lowest BCUT2D eigenvalue weighted by Crippen LogP contribution is -2.56. The zero-order chi connectivity index (χ0) is 23.1. The van der Waals surface area contributed by atoms with E-state index in [2.05, 4.69) is 47.7 Å². The molecule has 4 atom stereocenters. The largest absolute Gasteiger partial charge is 0.469 e. The lowest BCUT2D eigenvalue weighted by Gasteiger charge is -2.48. The quantitative estimate of drug-likeness (QED) is 0.554. The average Bonchev–Trinajstić information content (AvgIpc) is 3.13. The third-order valence-electron chi connectivity index (χ3n) is 7.93.